The molecule has 182 valence electrons. The molecule has 0 aromatic heterocycles. The van der Waals surface area contributed by atoms with Crippen molar-refractivity contribution < 1.29 is 24.2 Å². The van der Waals surface area contributed by atoms with Gasteiger partial charge in [0.1, 0.15) is 12.6 Å². The number of hydrogen-bond donors (Lipinski definition) is 2. The van der Waals surface area contributed by atoms with Crippen LogP contribution >= 0.6 is 0 Å². The van der Waals surface area contributed by atoms with Crippen molar-refractivity contribution in [1.29, 1.82) is 0 Å². The van der Waals surface area contributed by atoms with Gasteiger partial charge in [0.2, 0.25) is 5.91 Å². The molecule has 7 nitrogen and oxygen atoms in total. The minimum Gasteiger partial charge on any atom is -0.481 e. The maximum absolute atomic E-state index is 13.3. The first-order valence-electron chi connectivity index (χ1n) is 12.0. The number of benzene rings is 2. The number of carboxylic acids is 1. The fourth-order valence-corrected chi connectivity index (χ4v) is 5.17. The summed E-state index contributed by atoms with van der Waals surface area (Å²) in [5.74, 6) is 3.66. The van der Waals surface area contributed by atoms with Gasteiger partial charge in [0, 0.05) is 24.9 Å². The first-order valence-corrected chi connectivity index (χ1v) is 12.0. The molecule has 2 N–H and O–H groups in total. The molecule has 2 aliphatic rings. The van der Waals surface area contributed by atoms with Gasteiger partial charge in [0.15, 0.2) is 0 Å². The highest BCUT2D eigenvalue weighted by molar-refractivity contribution is 5.87. The second kappa shape index (κ2) is 10.6. The zero-order chi connectivity index (χ0) is 24.9. The quantitative estimate of drug-likeness (QED) is 0.617. The van der Waals surface area contributed by atoms with Crippen LogP contribution in [0.2, 0.25) is 0 Å². The minimum absolute atomic E-state index is 0.0869. The summed E-state index contributed by atoms with van der Waals surface area (Å²) in [6.07, 6.45) is 0.562. The molecule has 7 heteroatoms. The number of carbonyl (C=O) groups excluding carboxylic acids is 2. The third kappa shape index (κ3) is 5.02. The lowest BCUT2D eigenvalue weighted by molar-refractivity contribution is -0.149. The van der Waals surface area contributed by atoms with Crippen LogP contribution in [0.1, 0.15) is 50.2 Å². The molecule has 4 rings (SSSR count). The smallest absolute Gasteiger partial charge is 0.407 e. The Labute approximate surface area is 205 Å². The Balaban J connectivity index is 1.44. The van der Waals surface area contributed by atoms with E-state index in [1.165, 1.54) is 0 Å². The molecular formula is C28H30N2O5. The van der Waals surface area contributed by atoms with Gasteiger partial charge < -0.3 is 20.1 Å². The van der Waals surface area contributed by atoms with Gasteiger partial charge in [-0.05, 0) is 48.9 Å². The number of ether oxygens (including phenoxy) is 1. The molecular weight excluding hydrogens is 444 g/mol. The van der Waals surface area contributed by atoms with Crippen molar-refractivity contribution in [3.05, 3.63) is 59.7 Å². The van der Waals surface area contributed by atoms with Gasteiger partial charge in [-0.1, -0.05) is 48.5 Å². The van der Waals surface area contributed by atoms with Crippen LogP contribution < -0.4 is 5.32 Å². The maximum atomic E-state index is 13.3. The van der Waals surface area contributed by atoms with Gasteiger partial charge in [-0.25, -0.2) is 4.79 Å². The van der Waals surface area contributed by atoms with E-state index in [4.69, 9.17) is 4.74 Å². The van der Waals surface area contributed by atoms with Crippen LogP contribution in [0, 0.1) is 17.8 Å². The van der Waals surface area contributed by atoms with Crippen molar-refractivity contribution in [2.75, 3.05) is 13.2 Å². The Morgan fingerprint density at radius 2 is 1.74 bits per heavy atom. The zero-order valence-electron chi connectivity index (χ0n) is 20.0. The summed E-state index contributed by atoms with van der Waals surface area (Å²) in [5.41, 5.74) is 4.48. The number of likely N-dealkylation sites (tertiary alicyclic amines) is 1. The molecule has 3 atom stereocenters. The van der Waals surface area contributed by atoms with Crippen LogP contribution in [0.3, 0.4) is 0 Å². The summed E-state index contributed by atoms with van der Waals surface area (Å²) >= 11 is 0. The summed E-state index contributed by atoms with van der Waals surface area (Å²) < 4.78 is 5.61. The van der Waals surface area contributed by atoms with Crippen molar-refractivity contribution in [3.63, 3.8) is 0 Å². The van der Waals surface area contributed by atoms with Crippen LogP contribution in [-0.2, 0) is 14.3 Å². The predicted octanol–water partition coefficient (Wildman–Crippen LogP) is 4.02. The average molecular weight is 475 g/mol. The van der Waals surface area contributed by atoms with Crippen molar-refractivity contribution >= 4 is 18.0 Å². The highest BCUT2D eigenvalue weighted by Gasteiger charge is 2.38. The van der Waals surface area contributed by atoms with Crippen molar-refractivity contribution in [1.82, 2.24) is 10.2 Å². The first kappa shape index (κ1) is 24.3. The van der Waals surface area contributed by atoms with Gasteiger partial charge in [0.25, 0.3) is 0 Å². The number of fused-ring (bicyclic) bond motifs is 3. The third-order valence-electron chi connectivity index (χ3n) is 7.01. The van der Waals surface area contributed by atoms with Crippen LogP contribution in [0.15, 0.2) is 48.5 Å². The molecule has 35 heavy (non-hydrogen) atoms. The number of rotatable bonds is 6. The largest absolute Gasteiger partial charge is 0.481 e. The van der Waals surface area contributed by atoms with Crippen LogP contribution in [0.4, 0.5) is 4.79 Å². The molecule has 0 radical (unpaired) electrons. The number of carbonyl (C=O) groups is 3. The SMILES string of the molecule is CC#CCC(NC(=O)OCC1c2ccccc2-c2ccccc21)C(=O)N1CCCC(C(=O)O)C1C. The molecule has 3 unspecified atom stereocenters. The molecule has 2 amide bonds. The van der Waals surface area contributed by atoms with E-state index >= 15 is 0 Å². The van der Waals surface area contributed by atoms with E-state index in [1.807, 2.05) is 36.4 Å². The Bertz CT molecular complexity index is 1140. The van der Waals surface area contributed by atoms with E-state index in [-0.39, 0.29) is 24.9 Å². The predicted molar refractivity (Wildman–Crippen MR) is 132 cm³/mol. The van der Waals surface area contributed by atoms with E-state index in [2.05, 4.69) is 29.3 Å². The number of alkyl carbamates (subject to hydrolysis) is 1. The number of hydrogen-bond acceptors (Lipinski definition) is 4. The van der Waals surface area contributed by atoms with Gasteiger partial charge in [0.05, 0.1) is 5.92 Å². The molecule has 1 saturated heterocycles. The average Bonchev–Trinajstić information content (AvgIpc) is 3.18. The second-order valence-electron chi connectivity index (χ2n) is 9.01. The van der Waals surface area contributed by atoms with E-state index in [0.717, 1.165) is 22.3 Å². The Kier molecular flexibility index (Phi) is 7.40. The molecule has 1 aliphatic heterocycles. The van der Waals surface area contributed by atoms with E-state index < -0.39 is 30.1 Å². The lowest BCUT2D eigenvalue weighted by Gasteiger charge is -2.39. The zero-order valence-corrected chi connectivity index (χ0v) is 20.0. The van der Waals surface area contributed by atoms with Gasteiger partial charge in [-0.15, -0.1) is 11.8 Å². The fourth-order valence-electron chi connectivity index (χ4n) is 5.17. The molecule has 2 aromatic carbocycles. The van der Waals surface area contributed by atoms with Crippen molar-refractivity contribution in [2.45, 2.75) is 51.1 Å². The summed E-state index contributed by atoms with van der Waals surface area (Å²) in [5, 5.41) is 12.2. The summed E-state index contributed by atoms with van der Waals surface area (Å²) in [4.78, 5) is 39.2. The van der Waals surface area contributed by atoms with Crippen LogP contribution in [-0.4, -0.2) is 53.2 Å². The van der Waals surface area contributed by atoms with E-state index in [1.54, 1.807) is 18.7 Å². The first-order chi connectivity index (χ1) is 16.9. The Morgan fingerprint density at radius 3 is 2.34 bits per heavy atom. The molecule has 1 fully saturated rings. The highest BCUT2D eigenvalue weighted by atomic mass is 16.5. The van der Waals surface area contributed by atoms with Crippen LogP contribution in [0.25, 0.3) is 11.1 Å². The number of nitrogens with one attached hydrogen (secondary N) is 1. The topological polar surface area (TPSA) is 95.9 Å². The highest BCUT2D eigenvalue weighted by Crippen LogP contribution is 2.44. The second-order valence-corrected chi connectivity index (χ2v) is 9.01. The standard InChI is InChI=1S/C28H30N2O5/c1-3-4-15-25(26(31)30-16-9-14-19(18(30)2)27(32)33)29-28(34)35-17-24-22-12-7-5-10-20(22)21-11-6-8-13-23(21)24/h5-8,10-13,18-19,24-25H,9,14-17H2,1-2H3,(H,29,34)(H,32,33). The fraction of sp³-hybridized carbons (Fsp3) is 0.393. The normalized spacial score (nSPS) is 19.5. The molecule has 0 bridgehead atoms. The molecule has 0 saturated carbocycles. The van der Waals surface area contributed by atoms with Crippen LogP contribution in [0.5, 0.6) is 0 Å². The number of aliphatic carboxylic acids is 1. The molecule has 0 spiro atoms. The number of carboxylic acid groups (broad SMARTS) is 1. The summed E-state index contributed by atoms with van der Waals surface area (Å²) in [6.45, 7) is 4.00. The summed E-state index contributed by atoms with van der Waals surface area (Å²) in [7, 11) is 0. The monoisotopic (exact) mass is 474 g/mol. The lowest BCUT2D eigenvalue weighted by Crippen LogP contribution is -2.55. The molecule has 1 aliphatic carbocycles. The lowest BCUT2D eigenvalue weighted by atomic mass is 9.89. The third-order valence-corrected chi connectivity index (χ3v) is 7.01. The maximum Gasteiger partial charge on any atom is 0.407 e. The summed E-state index contributed by atoms with van der Waals surface area (Å²) in [6, 6.07) is 14.8. The number of piperidine rings is 1. The molecule has 1 heterocycles. The van der Waals surface area contributed by atoms with Crippen molar-refractivity contribution in [3.8, 4) is 23.0 Å². The van der Waals surface area contributed by atoms with Gasteiger partial charge in [-0.3, -0.25) is 9.59 Å². The Morgan fingerprint density at radius 1 is 1.11 bits per heavy atom. The van der Waals surface area contributed by atoms with Gasteiger partial charge in [-0.2, -0.15) is 0 Å². The molecule has 2 aromatic rings. The Hall–Kier alpha value is -3.79. The van der Waals surface area contributed by atoms with Gasteiger partial charge >= 0.3 is 12.1 Å². The minimum atomic E-state index is -0.913. The van der Waals surface area contributed by atoms with E-state index in [9.17, 15) is 19.5 Å². The van der Waals surface area contributed by atoms with Crippen molar-refractivity contribution in [2.24, 2.45) is 5.92 Å². The number of amides is 2. The van der Waals surface area contributed by atoms with E-state index in [0.29, 0.717) is 19.4 Å². The number of nitrogens with zero attached hydrogens (tertiary/aromatic N) is 1.